The second-order valence-corrected chi connectivity index (χ2v) is 5.19. The summed E-state index contributed by atoms with van der Waals surface area (Å²) in [6.45, 7) is 6.56. The highest BCUT2D eigenvalue weighted by Crippen LogP contribution is 2.35. The lowest BCUT2D eigenvalue weighted by molar-refractivity contribution is 0.415. The van der Waals surface area contributed by atoms with Gasteiger partial charge in [0.25, 0.3) is 0 Å². The van der Waals surface area contributed by atoms with Crippen LogP contribution in [-0.4, -0.2) is 7.11 Å². The lowest BCUT2D eigenvalue weighted by Gasteiger charge is -2.02. The van der Waals surface area contributed by atoms with Crippen LogP contribution in [0.1, 0.15) is 16.0 Å². The molecule has 0 spiro atoms. The van der Waals surface area contributed by atoms with Crippen molar-refractivity contribution in [2.45, 2.75) is 20.8 Å². The van der Waals surface area contributed by atoms with Crippen molar-refractivity contribution in [2.75, 3.05) is 7.11 Å². The third-order valence-corrected chi connectivity index (χ3v) is 4.40. The van der Waals surface area contributed by atoms with E-state index < -0.39 is 0 Å². The van der Waals surface area contributed by atoms with Gasteiger partial charge in [-0.3, -0.25) is 0 Å². The van der Waals surface area contributed by atoms with Gasteiger partial charge in [-0.2, -0.15) is 0 Å². The molecular weight excluding hydrogens is 216 g/mol. The average molecular weight is 232 g/mol. The van der Waals surface area contributed by atoms with E-state index in [9.17, 15) is 0 Å². The molecule has 84 valence electrons. The number of rotatable bonds is 2. The molecule has 1 nitrogen and oxygen atoms in total. The van der Waals surface area contributed by atoms with E-state index in [0.29, 0.717) is 0 Å². The van der Waals surface area contributed by atoms with Crippen molar-refractivity contribution in [2.24, 2.45) is 0 Å². The van der Waals surface area contributed by atoms with E-state index >= 15 is 0 Å². The van der Waals surface area contributed by atoms with Crippen molar-refractivity contribution in [3.63, 3.8) is 0 Å². The van der Waals surface area contributed by atoms with Crippen LogP contribution in [0, 0.1) is 20.8 Å². The zero-order valence-corrected chi connectivity index (χ0v) is 10.9. The van der Waals surface area contributed by atoms with Gasteiger partial charge in [-0.25, -0.2) is 0 Å². The zero-order valence-electron chi connectivity index (χ0n) is 10.1. The van der Waals surface area contributed by atoms with Crippen molar-refractivity contribution in [1.29, 1.82) is 0 Å². The van der Waals surface area contributed by atoms with E-state index in [4.69, 9.17) is 4.74 Å². The van der Waals surface area contributed by atoms with Crippen LogP contribution in [0.15, 0.2) is 24.3 Å². The van der Waals surface area contributed by atoms with Crippen LogP contribution in [0.4, 0.5) is 0 Å². The monoisotopic (exact) mass is 232 g/mol. The summed E-state index contributed by atoms with van der Waals surface area (Å²) < 4.78 is 5.17. The summed E-state index contributed by atoms with van der Waals surface area (Å²) in [5, 5.41) is 0. The molecule has 0 aliphatic heterocycles. The van der Waals surface area contributed by atoms with Crippen LogP contribution < -0.4 is 4.74 Å². The molecule has 0 bridgehead atoms. The van der Waals surface area contributed by atoms with Gasteiger partial charge in [0.2, 0.25) is 0 Å². The van der Waals surface area contributed by atoms with E-state index in [1.165, 1.54) is 26.4 Å². The second-order valence-electron chi connectivity index (χ2n) is 3.97. The number of benzene rings is 1. The van der Waals surface area contributed by atoms with Gasteiger partial charge >= 0.3 is 0 Å². The molecule has 0 amide bonds. The van der Waals surface area contributed by atoms with Gasteiger partial charge in [-0.1, -0.05) is 0 Å². The molecule has 0 saturated heterocycles. The van der Waals surface area contributed by atoms with Crippen molar-refractivity contribution in [3.05, 3.63) is 40.3 Å². The second kappa shape index (κ2) is 4.30. The van der Waals surface area contributed by atoms with E-state index in [0.717, 1.165) is 5.75 Å². The maximum absolute atomic E-state index is 5.17. The molecule has 0 atom stereocenters. The molecule has 16 heavy (non-hydrogen) atoms. The van der Waals surface area contributed by atoms with Crippen LogP contribution in [-0.2, 0) is 0 Å². The van der Waals surface area contributed by atoms with Gasteiger partial charge in [0.05, 0.1) is 7.11 Å². The Bertz CT molecular complexity index is 494. The topological polar surface area (TPSA) is 9.23 Å². The molecular formula is C14H16OS. The van der Waals surface area contributed by atoms with Crippen LogP contribution in [0.5, 0.6) is 5.75 Å². The zero-order chi connectivity index (χ0) is 11.7. The minimum absolute atomic E-state index is 0.909. The summed E-state index contributed by atoms with van der Waals surface area (Å²) in [6.07, 6.45) is 0. The van der Waals surface area contributed by atoms with Gasteiger partial charge in [-0.15, -0.1) is 11.3 Å². The summed E-state index contributed by atoms with van der Waals surface area (Å²) in [5.41, 5.74) is 4.09. The number of hydrogen-bond donors (Lipinski definition) is 0. The maximum atomic E-state index is 5.17. The fourth-order valence-electron chi connectivity index (χ4n) is 1.76. The van der Waals surface area contributed by atoms with Gasteiger partial charge in [0.1, 0.15) is 5.75 Å². The molecule has 1 heterocycles. The first-order valence-corrected chi connectivity index (χ1v) is 6.16. The summed E-state index contributed by atoms with van der Waals surface area (Å²) in [4.78, 5) is 2.78. The Morgan fingerprint density at radius 3 is 2.00 bits per heavy atom. The Kier molecular flexibility index (Phi) is 3.01. The molecule has 0 N–H and O–H groups in total. The Morgan fingerprint density at radius 1 is 0.938 bits per heavy atom. The number of thiophene rings is 1. The minimum Gasteiger partial charge on any atom is -0.497 e. The molecule has 1 aromatic heterocycles. The summed E-state index contributed by atoms with van der Waals surface area (Å²) in [6, 6.07) is 8.27. The van der Waals surface area contributed by atoms with Gasteiger partial charge in [-0.05, 0) is 61.7 Å². The van der Waals surface area contributed by atoms with Crippen LogP contribution in [0.2, 0.25) is 0 Å². The highest BCUT2D eigenvalue weighted by atomic mass is 32.1. The van der Waals surface area contributed by atoms with Crippen molar-refractivity contribution in [1.82, 2.24) is 0 Å². The SMILES string of the molecule is COc1ccc(-c2sc(C)c(C)c2C)cc1. The Morgan fingerprint density at radius 2 is 1.56 bits per heavy atom. The molecule has 0 fully saturated rings. The maximum Gasteiger partial charge on any atom is 0.118 e. The summed E-state index contributed by atoms with van der Waals surface area (Å²) in [5.74, 6) is 0.909. The fraction of sp³-hybridized carbons (Fsp3) is 0.286. The summed E-state index contributed by atoms with van der Waals surface area (Å²) >= 11 is 1.87. The first kappa shape index (κ1) is 11.2. The van der Waals surface area contributed by atoms with E-state index in [1.807, 2.05) is 23.5 Å². The predicted molar refractivity (Wildman–Crippen MR) is 70.5 cm³/mol. The number of aryl methyl sites for hydroxylation is 1. The highest BCUT2D eigenvalue weighted by molar-refractivity contribution is 7.15. The number of ether oxygens (including phenoxy) is 1. The Hall–Kier alpha value is -1.28. The molecule has 2 heteroatoms. The number of hydrogen-bond acceptors (Lipinski definition) is 2. The van der Waals surface area contributed by atoms with Crippen molar-refractivity contribution in [3.8, 4) is 16.2 Å². The quantitative estimate of drug-likeness (QED) is 0.748. The predicted octanol–water partition coefficient (Wildman–Crippen LogP) is 4.35. The molecule has 2 aromatic rings. The first-order valence-electron chi connectivity index (χ1n) is 5.34. The van der Waals surface area contributed by atoms with Crippen molar-refractivity contribution < 1.29 is 4.74 Å². The third kappa shape index (κ3) is 1.85. The molecule has 0 unspecified atom stereocenters. The van der Waals surface area contributed by atoms with Gasteiger partial charge in [0.15, 0.2) is 0 Å². The fourth-order valence-corrected chi connectivity index (χ4v) is 2.93. The first-order chi connectivity index (χ1) is 7.63. The van der Waals surface area contributed by atoms with Crippen LogP contribution in [0.3, 0.4) is 0 Å². The number of methoxy groups -OCH3 is 1. The van der Waals surface area contributed by atoms with Gasteiger partial charge < -0.3 is 4.74 Å². The average Bonchev–Trinajstić information content (AvgIpc) is 2.57. The van der Waals surface area contributed by atoms with Gasteiger partial charge in [0, 0.05) is 9.75 Å². The largest absolute Gasteiger partial charge is 0.497 e. The lowest BCUT2D eigenvalue weighted by atomic mass is 10.1. The molecule has 0 radical (unpaired) electrons. The van der Waals surface area contributed by atoms with E-state index in [2.05, 4.69) is 32.9 Å². The molecule has 1 aromatic carbocycles. The molecule has 0 aliphatic carbocycles. The Balaban J connectivity index is 2.46. The minimum atomic E-state index is 0.909. The van der Waals surface area contributed by atoms with E-state index in [1.54, 1.807) is 7.11 Å². The van der Waals surface area contributed by atoms with E-state index in [-0.39, 0.29) is 0 Å². The summed E-state index contributed by atoms with van der Waals surface area (Å²) in [7, 11) is 1.69. The Labute approximate surface area is 101 Å². The smallest absolute Gasteiger partial charge is 0.118 e. The molecule has 0 aliphatic rings. The normalized spacial score (nSPS) is 10.5. The highest BCUT2D eigenvalue weighted by Gasteiger charge is 2.10. The van der Waals surface area contributed by atoms with Crippen molar-refractivity contribution >= 4 is 11.3 Å². The van der Waals surface area contributed by atoms with Crippen LogP contribution >= 0.6 is 11.3 Å². The van der Waals surface area contributed by atoms with Crippen LogP contribution in [0.25, 0.3) is 10.4 Å². The standard InChI is InChI=1S/C14H16OS/c1-9-10(2)14(16-11(9)3)12-5-7-13(15-4)8-6-12/h5-8H,1-4H3. The molecule has 2 rings (SSSR count). The lowest BCUT2D eigenvalue weighted by Crippen LogP contribution is -1.82. The molecule has 0 saturated carbocycles. The third-order valence-electron chi connectivity index (χ3n) is 3.04.